The molecule has 1 N–H and O–H groups in total. The molecule has 112 valence electrons. The van der Waals surface area contributed by atoms with Crippen LogP contribution in [-0.4, -0.2) is 64.7 Å². The molecular weight excluding hydrogens is 264 g/mol. The van der Waals surface area contributed by atoms with Crippen LogP contribution in [0.4, 0.5) is 9.59 Å². The Bertz CT molecular complexity index is 414. The number of unbranched alkanes of at least 4 members (excludes halogenated alkanes) is 1. The average Bonchev–Trinajstić information content (AvgIpc) is 2.67. The first-order chi connectivity index (χ1) is 9.54. The number of rotatable bonds is 4. The summed E-state index contributed by atoms with van der Waals surface area (Å²) in [4.78, 5) is 37.3. The average molecular weight is 284 g/mol. The maximum absolute atomic E-state index is 11.9. The molecule has 20 heavy (non-hydrogen) atoms. The van der Waals surface area contributed by atoms with Gasteiger partial charge in [-0.3, -0.25) is 4.90 Å². The second-order valence-corrected chi connectivity index (χ2v) is 5.41. The Kier molecular flexibility index (Phi) is 4.15. The first-order valence-corrected chi connectivity index (χ1v) is 6.94. The van der Waals surface area contributed by atoms with Crippen LogP contribution >= 0.6 is 0 Å². The van der Waals surface area contributed by atoms with Crippen LogP contribution in [0.2, 0.25) is 0 Å². The fourth-order valence-corrected chi connectivity index (χ4v) is 3.04. The minimum Gasteiger partial charge on any atom is -0.465 e. The van der Waals surface area contributed by atoms with Crippen molar-refractivity contribution in [1.29, 1.82) is 0 Å². The quantitative estimate of drug-likeness (QED) is 0.621. The zero-order chi connectivity index (χ0) is 14.8. The Morgan fingerprint density at radius 3 is 2.85 bits per heavy atom. The lowest BCUT2D eigenvalue weighted by Crippen LogP contribution is -2.64. The molecule has 2 bridgehead atoms. The van der Waals surface area contributed by atoms with E-state index < -0.39 is 17.7 Å². The van der Waals surface area contributed by atoms with Crippen LogP contribution in [0.15, 0.2) is 0 Å². The van der Waals surface area contributed by atoms with E-state index in [0.717, 1.165) is 12.8 Å². The van der Waals surface area contributed by atoms with Gasteiger partial charge >= 0.3 is 12.2 Å². The van der Waals surface area contributed by atoms with Crippen LogP contribution < -0.4 is 0 Å². The largest absolute Gasteiger partial charge is 0.465 e. The molecule has 0 aromatic heterocycles. The van der Waals surface area contributed by atoms with Gasteiger partial charge in [-0.05, 0) is 19.3 Å². The van der Waals surface area contributed by atoms with E-state index in [0.29, 0.717) is 32.3 Å². The molecule has 2 rings (SSSR count). The smallest absolute Gasteiger partial charge is 0.409 e. The molecule has 0 radical (unpaired) electrons. The summed E-state index contributed by atoms with van der Waals surface area (Å²) in [7, 11) is 0. The van der Waals surface area contributed by atoms with Crippen LogP contribution in [0.25, 0.3) is 0 Å². The van der Waals surface area contributed by atoms with Gasteiger partial charge in [-0.15, -0.1) is 0 Å². The SMILES string of the molecule is CCCCOC(=O)N1CC2CCC(C=O)(C1)N2C(=O)O. The van der Waals surface area contributed by atoms with Crippen molar-refractivity contribution in [2.24, 2.45) is 0 Å². The summed E-state index contributed by atoms with van der Waals surface area (Å²) in [5, 5.41) is 9.25. The molecule has 2 saturated heterocycles. The highest BCUT2D eigenvalue weighted by atomic mass is 16.6. The first-order valence-electron chi connectivity index (χ1n) is 6.94. The Morgan fingerprint density at radius 1 is 1.50 bits per heavy atom. The molecule has 7 nitrogen and oxygen atoms in total. The standard InChI is InChI=1S/C13H20N2O5/c1-2-3-6-20-12(19)14-7-10-4-5-13(8-14,9-16)15(10)11(17)18/h9-10H,2-8H2,1H3,(H,17,18). The third-order valence-corrected chi connectivity index (χ3v) is 4.06. The van der Waals surface area contributed by atoms with Gasteiger partial charge < -0.3 is 19.5 Å². The Morgan fingerprint density at radius 2 is 2.25 bits per heavy atom. The van der Waals surface area contributed by atoms with Crippen molar-refractivity contribution in [2.75, 3.05) is 19.7 Å². The molecule has 2 fully saturated rings. The third kappa shape index (κ3) is 2.44. The minimum absolute atomic E-state index is 0.0876. The minimum atomic E-state index is -1.10. The van der Waals surface area contributed by atoms with E-state index in [1.807, 2.05) is 6.92 Å². The number of carbonyl (C=O) groups is 3. The number of hydrogen-bond acceptors (Lipinski definition) is 4. The van der Waals surface area contributed by atoms with Crippen LogP contribution in [0.3, 0.4) is 0 Å². The van der Waals surface area contributed by atoms with Crippen LogP contribution in [0, 0.1) is 0 Å². The normalized spacial score (nSPS) is 28.4. The molecule has 2 aliphatic heterocycles. The summed E-state index contributed by atoms with van der Waals surface area (Å²) in [5.41, 5.74) is -1.10. The highest BCUT2D eigenvalue weighted by Gasteiger charge is 2.55. The number of piperazine rings is 1. The zero-order valence-corrected chi connectivity index (χ0v) is 11.6. The maximum Gasteiger partial charge on any atom is 0.409 e. The monoisotopic (exact) mass is 284 g/mol. The number of ether oxygens (including phenoxy) is 1. The van der Waals surface area contributed by atoms with E-state index in [9.17, 15) is 19.5 Å². The lowest BCUT2D eigenvalue weighted by molar-refractivity contribution is -0.119. The topological polar surface area (TPSA) is 87.2 Å². The van der Waals surface area contributed by atoms with Crippen molar-refractivity contribution in [1.82, 2.24) is 9.80 Å². The molecule has 7 heteroatoms. The summed E-state index contributed by atoms with van der Waals surface area (Å²) in [6, 6.07) is -0.315. The van der Waals surface area contributed by atoms with Gasteiger partial charge in [0.05, 0.1) is 19.2 Å². The molecule has 2 amide bonds. The van der Waals surface area contributed by atoms with E-state index in [1.165, 1.54) is 9.80 Å². The number of fused-ring (bicyclic) bond motifs is 2. The van der Waals surface area contributed by atoms with Crippen LogP contribution in [0.5, 0.6) is 0 Å². The number of aldehydes is 1. The van der Waals surface area contributed by atoms with E-state index in [4.69, 9.17) is 4.74 Å². The number of nitrogens with zero attached hydrogens (tertiary/aromatic N) is 2. The summed E-state index contributed by atoms with van der Waals surface area (Å²) < 4.78 is 5.14. The molecule has 2 aliphatic rings. The second kappa shape index (κ2) is 5.68. The van der Waals surface area contributed by atoms with Crippen molar-refractivity contribution in [2.45, 2.75) is 44.2 Å². The predicted molar refractivity (Wildman–Crippen MR) is 69.5 cm³/mol. The molecular formula is C13H20N2O5. The highest BCUT2D eigenvalue weighted by molar-refractivity contribution is 5.79. The van der Waals surface area contributed by atoms with Gasteiger partial charge in [0, 0.05) is 6.54 Å². The lowest BCUT2D eigenvalue weighted by atomic mass is 9.97. The van der Waals surface area contributed by atoms with Gasteiger partial charge in [0.25, 0.3) is 0 Å². The number of hydrogen-bond donors (Lipinski definition) is 1. The lowest BCUT2D eigenvalue weighted by Gasteiger charge is -2.44. The predicted octanol–water partition coefficient (Wildman–Crippen LogP) is 1.32. The summed E-state index contributed by atoms with van der Waals surface area (Å²) in [5.74, 6) is 0. The van der Waals surface area contributed by atoms with Crippen molar-refractivity contribution in [3.8, 4) is 0 Å². The van der Waals surface area contributed by atoms with E-state index in [1.54, 1.807) is 0 Å². The summed E-state index contributed by atoms with van der Waals surface area (Å²) in [6.07, 6.45) is 1.90. The van der Waals surface area contributed by atoms with Crippen molar-refractivity contribution < 1.29 is 24.2 Å². The van der Waals surface area contributed by atoms with E-state index >= 15 is 0 Å². The van der Waals surface area contributed by atoms with Crippen molar-refractivity contribution in [3.63, 3.8) is 0 Å². The molecule has 0 spiro atoms. The van der Waals surface area contributed by atoms with Gasteiger partial charge in [-0.2, -0.15) is 0 Å². The molecule has 2 unspecified atom stereocenters. The third-order valence-electron chi connectivity index (χ3n) is 4.06. The number of carboxylic acid groups (broad SMARTS) is 1. The molecule has 2 heterocycles. The Hall–Kier alpha value is -1.79. The fourth-order valence-electron chi connectivity index (χ4n) is 3.04. The van der Waals surface area contributed by atoms with E-state index in [-0.39, 0.29) is 12.6 Å². The molecule has 0 saturated carbocycles. The molecule has 0 aliphatic carbocycles. The van der Waals surface area contributed by atoms with Crippen molar-refractivity contribution in [3.05, 3.63) is 0 Å². The van der Waals surface area contributed by atoms with Gasteiger partial charge in [-0.1, -0.05) is 13.3 Å². The van der Waals surface area contributed by atoms with E-state index in [2.05, 4.69) is 0 Å². The highest BCUT2D eigenvalue weighted by Crippen LogP contribution is 2.38. The Labute approximate surface area is 117 Å². The second-order valence-electron chi connectivity index (χ2n) is 5.41. The fraction of sp³-hybridized carbons (Fsp3) is 0.769. The first kappa shape index (κ1) is 14.6. The van der Waals surface area contributed by atoms with Gasteiger partial charge in [0.1, 0.15) is 11.8 Å². The molecule has 0 aromatic carbocycles. The summed E-state index contributed by atoms with van der Waals surface area (Å²) in [6.45, 7) is 2.74. The maximum atomic E-state index is 11.9. The van der Waals surface area contributed by atoms with Crippen LogP contribution in [-0.2, 0) is 9.53 Å². The number of likely N-dealkylation sites (tertiary alicyclic amines) is 1. The zero-order valence-electron chi connectivity index (χ0n) is 11.6. The van der Waals surface area contributed by atoms with Gasteiger partial charge in [-0.25, -0.2) is 9.59 Å². The van der Waals surface area contributed by atoms with Gasteiger partial charge in [0.2, 0.25) is 0 Å². The van der Waals surface area contributed by atoms with Gasteiger partial charge in [0.15, 0.2) is 0 Å². The Balaban J connectivity index is 2.06. The number of carbonyl (C=O) groups excluding carboxylic acids is 2. The molecule has 0 aromatic rings. The molecule has 2 atom stereocenters. The van der Waals surface area contributed by atoms with Crippen LogP contribution in [0.1, 0.15) is 32.6 Å². The summed E-state index contributed by atoms with van der Waals surface area (Å²) >= 11 is 0. The van der Waals surface area contributed by atoms with Crippen molar-refractivity contribution >= 4 is 18.5 Å². The number of amides is 2.